The van der Waals surface area contributed by atoms with Crippen LogP contribution in [0.4, 0.5) is 17.1 Å². The van der Waals surface area contributed by atoms with Crippen molar-refractivity contribution in [2.45, 2.75) is 19.3 Å². The number of fused-ring (bicyclic) bond motifs is 7. The van der Waals surface area contributed by atoms with Crippen molar-refractivity contribution in [2.75, 3.05) is 4.90 Å². The molecule has 218 valence electrons. The van der Waals surface area contributed by atoms with Gasteiger partial charge in [-0.1, -0.05) is 123 Å². The molecule has 0 N–H and O–H groups in total. The lowest BCUT2D eigenvalue weighted by Crippen LogP contribution is -2.15. The lowest BCUT2D eigenvalue weighted by atomic mass is 9.81. The third-order valence-electron chi connectivity index (χ3n) is 9.98. The van der Waals surface area contributed by atoms with Crippen LogP contribution >= 0.6 is 0 Å². The molecular weight excluding hydrogens is 555 g/mol. The van der Waals surface area contributed by atoms with E-state index in [9.17, 15) is 0 Å². The molecule has 1 aliphatic carbocycles. The maximum atomic E-state index is 2.45. The number of nitrogens with zero attached hydrogens (tertiary/aromatic N) is 1. The highest BCUT2D eigenvalue weighted by molar-refractivity contribution is 6.10. The maximum absolute atomic E-state index is 2.45. The van der Waals surface area contributed by atoms with Gasteiger partial charge in [0, 0.05) is 22.5 Å². The van der Waals surface area contributed by atoms with Crippen LogP contribution in [0.3, 0.4) is 0 Å². The summed E-state index contributed by atoms with van der Waals surface area (Å²) in [4.78, 5) is 2.40. The molecule has 9 rings (SSSR count). The van der Waals surface area contributed by atoms with E-state index in [0.29, 0.717) is 0 Å². The lowest BCUT2D eigenvalue weighted by molar-refractivity contribution is 0.661. The summed E-state index contributed by atoms with van der Waals surface area (Å²) in [6.45, 7) is 4.74. The quantitative estimate of drug-likeness (QED) is 0.185. The number of para-hydroxylation sites is 1. The number of hydrogen-bond acceptors (Lipinski definition) is 1. The van der Waals surface area contributed by atoms with Gasteiger partial charge in [-0.25, -0.2) is 0 Å². The molecule has 0 radical (unpaired) electrons. The number of benzene rings is 8. The SMILES string of the molecule is CC1(C)c2ccc(N(c3ccccc3)c3ccc4ccc(-c5ccccc5)cc4c3)cc2-c2cc3ccc4ccccc4c3cc21. The van der Waals surface area contributed by atoms with Crippen molar-refractivity contribution >= 4 is 49.4 Å². The van der Waals surface area contributed by atoms with E-state index in [0.717, 1.165) is 17.1 Å². The molecule has 0 amide bonds. The van der Waals surface area contributed by atoms with Gasteiger partial charge in [-0.05, 0) is 120 Å². The van der Waals surface area contributed by atoms with Crippen LogP contribution in [0.1, 0.15) is 25.0 Å². The second kappa shape index (κ2) is 10.2. The van der Waals surface area contributed by atoms with Gasteiger partial charge in [0.05, 0.1) is 0 Å². The molecule has 46 heavy (non-hydrogen) atoms. The van der Waals surface area contributed by atoms with Gasteiger partial charge in [0.15, 0.2) is 0 Å². The Balaban J connectivity index is 1.22. The van der Waals surface area contributed by atoms with Gasteiger partial charge in [-0.2, -0.15) is 0 Å². The monoisotopic (exact) mass is 587 g/mol. The largest absolute Gasteiger partial charge is 0.310 e. The predicted octanol–water partition coefficient (Wildman–Crippen LogP) is 12.6. The minimum absolute atomic E-state index is 0.0945. The van der Waals surface area contributed by atoms with Crippen LogP contribution in [-0.4, -0.2) is 0 Å². The van der Waals surface area contributed by atoms with E-state index in [1.54, 1.807) is 0 Å². The van der Waals surface area contributed by atoms with Crippen molar-refractivity contribution in [1.29, 1.82) is 0 Å². The molecule has 8 aromatic rings. The summed E-state index contributed by atoms with van der Waals surface area (Å²) in [5.74, 6) is 0. The zero-order chi connectivity index (χ0) is 30.8. The fourth-order valence-electron chi connectivity index (χ4n) is 7.59. The molecule has 0 spiro atoms. The van der Waals surface area contributed by atoms with Gasteiger partial charge < -0.3 is 4.90 Å². The summed E-state index contributed by atoms with van der Waals surface area (Å²) >= 11 is 0. The Hall–Kier alpha value is -5.66. The van der Waals surface area contributed by atoms with Gasteiger partial charge in [0.2, 0.25) is 0 Å². The van der Waals surface area contributed by atoms with E-state index < -0.39 is 0 Å². The summed E-state index contributed by atoms with van der Waals surface area (Å²) in [7, 11) is 0. The minimum atomic E-state index is -0.0945. The van der Waals surface area contributed by atoms with Crippen molar-refractivity contribution < 1.29 is 0 Å². The molecular formula is C45H33N. The highest BCUT2D eigenvalue weighted by Gasteiger charge is 2.36. The first kappa shape index (κ1) is 26.7. The Morgan fingerprint density at radius 2 is 1.02 bits per heavy atom. The van der Waals surface area contributed by atoms with Crippen molar-refractivity contribution in [3.8, 4) is 22.3 Å². The fourth-order valence-corrected chi connectivity index (χ4v) is 7.59. The van der Waals surface area contributed by atoms with Crippen molar-refractivity contribution in [1.82, 2.24) is 0 Å². The molecule has 1 nitrogen and oxygen atoms in total. The van der Waals surface area contributed by atoms with Crippen LogP contribution in [-0.2, 0) is 5.41 Å². The van der Waals surface area contributed by atoms with E-state index in [2.05, 4.69) is 183 Å². The highest BCUT2D eigenvalue weighted by Crippen LogP contribution is 2.52. The Morgan fingerprint density at radius 1 is 0.370 bits per heavy atom. The average Bonchev–Trinajstić information content (AvgIpc) is 3.33. The van der Waals surface area contributed by atoms with Gasteiger partial charge in [0.1, 0.15) is 0 Å². The Bertz CT molecular complexity index is 2440. The van der Waals surface area contributed by atoms with E-state index in [-0.39, 0.29) is 5.41 Å². The van der Waals surface area contributed by atoms with Crippen molar-refractivity contribution in [3.05, 3.63) is 175 Å². The number of rotatable bonds is 4. The molecule has 0 aromatic heterocycles. The van der Waals surface area contributed by atoms with Crippen LogP contribution in [0.25, 0.3) is 54.6 Å². The molecule has 0 aliphatic heterocycles. The van der Waals surface area contributed by atoms with Crippen LogP contribution in [0.5, 0.6) is 0 Å². The van der Waals surface area contributed by atoms with E-state index in [1.165, 1.54) is 65.7 Å². The highest BCUT2D eigenvalue weighted by atomic mass is 15.1. The summed E-state index contributed by atoms with van der Waals surface area (Å²) in [5, 5.41) is 7.68. The zero-order valence-corrected chi connectivity index (χ0v) is 26.0. The topological polar surface area (TPSA) is 3.24 Å². The van der Waals surface area contributed by atoms with Gasteiger partial charge in [-0.15, -0.1) is 0 Å². The van der Waals surface area contributed by atoms with E-state index in [4.69, 9.17) is 0 Å². The molecule has 0 saturated heterocycles. The summed E-state index contributed by atoms with van der Waals surface area (Å²) in [5.41, 5.74) is 11.2. The first-order valence-electron chi connectivity index (χ1n) is 16.1. The molecule has 1 aliphatic rings. The second-order valence-corrected chi connectivity index (χ2v) is 13.0. The third-order valence-corrected chi connectivity index (χ3v) is 9.98. The molecule has 8 aromatic carbocycles. The molecule has 0 unspecified atom stereocenters. The van der Waals surface area contributed by atoms with Crippen LogP contribution in [0.15, 0.2) is 164 Å². The van der Waals surface area contributed by atoms with Crippen molar-refractivity contribution in [3.63, 3.8) is 0 Å². The fraction of sp³-hybridized carbons (Fsp3) is 0.0667. The second-order valence-electron chi connectivity index (χ2n) is 13.0. The smallest absolute Gasteiger partial charge is 0.0468 e. The van der Waals surface area contributed by atoms with Gasteiger partial charge in [0.25, 0.3) is 0 Å². The molecule has 1 heteroatoms. The molecule has 0 heterocycles. The average molecular weight is 588 g/mol. The Morgan fingerprint density at radius 3 is 1.87 bits per heavy atom. The predicted molar refractivity (Wildman–Crippen MR) is 197 cm³/mol. The van der Waals surface area contributed by atoms with E-state index in [1.807, 2.05) is 0 Å². The lowest BCUT2D eigenvalue weighted by Gasteiger charge is -2.27. The van der Waals surface area contributed by atoms with Crippen LogP contribution < -0.4 is 4.90 Å². The Labute approximate surface area is 270 Å². The normalized spacial score (nSPS) is 13.2. The van der Waals surface area contributed by atoms with Gasteiger partial charge >= 0.3 is 0 Å². The molecule has 0 fully saturated rings. The van der Waals surface area contributed by atoms with Crippen LogP contribution in [0.2, 0.25) is 0 Å². The molecule has 0 saturated carbocycles. The summed E-state index contributed by atoms with van der Waals surface area (Å²) in [6, 6.07) is 60.2. The maximum Gasteiger partial charge on any atom is 0.0468 e. The third kappa shape index (κ3) is 4.16. The standard InChI is InChI=1S/C45H33N/c1-45(2)43-24-23-38(28-42(43)41-27-34-20-18-32-13-9-10-16-39(32)40(34)29-44(41)45)46(36-14-7-4-8-15-36)37-22-21-31-17-19-33(25-35(31)26-37)30-11-5-3-6-12-30/h3-29H,1-2H3. The minimum Gasteiger partial charge on any atom is -0.310 e. The first-order chi connectivity index (χ1) is 22.5. The first-order valence-corrected chi connectivity index (χ1v) is 16.1. The van der Waals surface area contributed by atoms with Gasteiger partial charge in [-0.3, -0.25) is 0 Å². The molecule has 0 atom stereocenters. The summed E-state index contributed by atoms with van der Waals surface area (Å²) in [6.07, 6.45) is 0. The molecule has 0 bridgehead atoms. The Kier molecular flexibility index (Phi) is 5.92. The van der Waals surface area contributed by atoms with Crippen molar-refractivity contribution in [2.24, 2.45) is 0 Å². The van der Waals surface area contributed by atoms with E-state index >= 15 is 0 Å². The van der Waals surface area contributed by atoms with Crippen LogP contribution in [0, 0.1) is 0 Å². The number of anilines is 3. The number of hydrogen-bond donors (Lipinski definition) is 0. The zero-order valence-electron chi connectivity index (χ0n) is 26.0. The summed E-state index contributed by atoms with van der Waals surface area (Å²) < 4.78 is 0.